The zero-order valence-corrected chi connectivity index (χ0v) is 15.1. The molecule has 9 nitrogen and oxygen atoms in total. The van der Waals surface area contributed by atoms with Gasteiger partial charge in [-0.2, -0.15) is 5.10 Å². The summed E-state index contributed by atoms with van der Waals surface area (Å²) >= 11 is 0. The van der Waals surface area contributed by atoms with Crippen molar-refractivity contribution in [2.45, 2.75) is 19.6 Å². The van der Waals surface area contributed by atoms with Crippen LogP contribution in [0.15, 0.2) is 54.9 Å². The number of nitro benzene ring substituents is 1. The summed E-state index contributed by atoms with van der Waals surface area (Å²) in [6, 6.07) is 12.6. The van der Waals surface area contributed by atoms with Gasteiger partial charge in [0.15, 0.2) is 11.6 Å². The second-order valence-electron chi connectivity index (χ2n) is 6.14. The summed E-state index contributed by atoms with van der Waals surface area (Å²) in [6.07, 6.45) is 0.653. The smallest absolute Gasteiger partial charge is 0.269 e. The third-order valence-corrected chi connectivity index (χ3v) is 3.97. The van der Waals surface area contributed by atoms with Crippen LogP contribution in [-0.2, 0) is 6.54 Å². The molecule has 1 atom stereocenters. The largest absolute Gasteiger partial charge is 0.491 e. The Hall–Kier alpha value is -3.59. The second-order valence-corrected chi connectivity index (χ2v) is 6.14. The summed E-state index contributed by atoms with van der Waals surface area (Å²) in [4.78, 5) is 25.6. The lowest BCUT2D eigenvalue weighted by atomic mass is 10.1. The number of ether oxygens (including phenoxy) is 1. The van der Waals surface area contributed by atoms with Gasteiger partial charge >= 0.3 is 0 Å². The Labute approximate surface area is 160 Å². The summed E-state index contributed by atoms with van der Waals surface area (Å²) < 4.78 is 6.99. The van der Waals surface area contributed by atoms with E-state index in [1.54, 1.807) is 36.4 Å². The van der Waals surface area contributed by atoms with Crippen LogP contribution in [-0.4, -0.2) is 43.3 Å². The number of carbonyl (C=O) groups is 1. The first-order valence-electron chi connectivity index (χ1n) is 8.48. The number of hydrogen-bond acceptors (Lipinski definition) is 7. The first-order chi connectivity index (χ1) is 13.4. The maximum Gasteiger partial charge on any atom is 0.269 e. The molecule has 3 aromatic rings. The van der Waals surface area contributed by atoms with Crippen LogP contribution >= 0.6 is 0 Å². The summed E-state index contributed by atoms with van der Waals surface area (Å²) in [5.41, 5.74) is 1.22. The first kappa shape index (κ1) is 19.2. The highest BCUT2D eigenvalue weighted by atomic mass is 16.6. The van der Waals surface area contributed by atoms with E-state index in [2.05, 4.69) is 10.1 Å². The van der Waals surface area contributed by atoms with E-state index in [4.69, 9.17) is 4.74 Å². The number of carbonyl (C=O) groups excluding carboxylic acids is 1. The number of benzene rings is 2. The van der Waals surface area contributed by atoms with E-state index in [0.29, 0.717) is 22.7 Å². The van der Waals surface area contributed by atoms with Crippen LogP contribution in [0.25, 0.3) is 11.4 Å². The van der Waals surface area contributed by atoms with Crippen molar-refractivity contribution in [1.82, 2.24) is 14.8 Å². The lowest BCUT2D eigenvalue weighted by molar-refractivity contribution is -0.384. The van der Waals surface area contributed by atoms with Gasteiger partial charge in [-0.25, -0.2) is 9.67 Å². The zero-order valence-electron chi connectivity index (χ0n) is 15.1. The van der Waals surface area contributed by atoms with E-state index in [9.17, 15) is 20.0 Å². The summed E-state index contributed by atoms with van der Waals surface area (Å²) in [6.45, 7) is 1.71. The number of hydrogen-bond donors (Lipinski definition) is 1. The van der Waals surface area contributed by atoms with Gasteiger partial charge in [0.2, 0.25) is 0 Å². The lowest BCUT2D eigenvalue weighted by Crippen LogP contribution is -2.23. The third kappa shape index (κ3) is 4.77. The van der Waals surface area contributed by atoms with Gasteiger partial charge in [-0.15, -0.1) is 0 Å². The molecule has 1 aromatic heterocycles. The minimum Gasteiger partial charge on any atom is -0.491 e. The molecule has 0 bridgehead atoms. The van der Waals surface area contributed by atoms with E-state index < -0.39 is 11.0 Å². The van der Waals surface area contributed by atoms with Gasteiger partial charge in [-0.05, 0) is 43.3 Å². The highest BCUT2D eigenvalue weighted by molar-refractivity contribution is 5.94. The SMILES string of the molecule is CC(=O)c1ccc(OCC(O)Cn2cnc(-c3ccc([N+](=O)[O-])cc3)n2)cc1. The van der Waals surface area contributed by atoms with Gasteiger partial charge in [-0.1, -0.05) is 0 Å². The van der Waals surface area contributed by atoms with Gasteiger partial charge in [0.25, 0.3) is 5.69 Å². The Balaban J connectivity index is 1.55. The van der Waals surface area contributed by atoms with Gasteiger partial charge in [0.05, 0.1) is 11.5 Å². The summed E-state index contributed by atoms with van der Waals surface area (Å²) in [5.74, 6) is 0.929. The molecule has 144 valence electrons. The number of non-ortho nitro benzene ring substituents is 1. The quantitative estimate of drug-likeness (QED) is 0.361. The van der Waals surface area contributed by atoms with Gasteiger partial charge < -0.3 is 9.84 Å². The fourth-order valence-electron chi connectivity index (χ4n) is 2.49. The molecule has 1 heterocycles. The standard InChI is InChI=1S/C19H18N4O5/c1-13(24)14-4-8-18(9-5-14)28-11-17(25)10-22-12-20-19(21-22)15-2-6-16(7-3-15)23(26)27/h2-9,12,17,25H,10-11H2,1H3. The fraction of sp³-hybridized carbons (Fsp3) is 0.211. The predicted molar refractivity (Wildman–Crippen MR) is 100 cm³/mol. The Bertz CT molecular complexity index is 967. The maximum atomic E-state index is 11.3. The van der Waals surface area contributed by atoms with Crippen molar-refractivity contribution in [3.05, 3.63) is 70.5 Å². The van der Waals surface area contributed by atoms with Gasteiger partial charge in [-0.3, -0.25) is 14.9 Å². The highest BCUT2D eigenvalue weighted by Crippen LogP contribution is 2.19. The second kappa shape index (κ2) is 8.40. The van der Waals surface area contributed by atoms with Crippen molar-refractivity contribution in [3.63, 3.8) is 0 Å². The number of nitro groups is 1. The van der Waals surface area contributed by atoms with Gasteiger partial charge in [0, 0.05) is 23.3 Å². The Morgan fingerprint density at radius 3 is 2.50 bits per heavy atom. The number of ketones is 1. The number of Topliss-reactive ketones (excluding diaryl/α,β-unsaturated/α-hetero) is 1. The van der Waals surface area contributed by atoms with Crippen LogP contribution in [0.5, 0.6) is 5.75 Å². The van der Waals surface area contributed by atoms with Crippen LogP contribution in [0, 0.1) is 10.1 Å². The van der Waals surface area contributed by atoms with Crippen molar-refractivity contribution < 1.29 is 19.6 Å². The fourth-order valence-corrected chi connectivity index (χ4v) is 2.49. The van der Waals surface area contributed by atoms with Crippen LogP contribution in [0.2, 0.25) is 0 Å². The van der Waals surface area contributed by atoms with E-state index in [1.807, 2.05) is 0 Å². The minimum absolute atomic E-state index is 0.00732. The normalized spacial score (nSPS) is 11.8. The molecule has 0 saturated heterocycles. The third-order valence-electron chi connectivity index (χ3n) is 3.97. The highest BCUT2D eigenvalue weighted by Gasteiger charge is 2.11. The van der Waals surface area contributed by atoms with Gasteiger partial charge in [0.1, 0.15) is 24.8 Å². The molecule has 0 spiro atoms. The molecular weight excluding hydrogens is 364 g/mol. The van der Waals surface area contributed by atoms with Crippen molar-refractivity contribution >= 4 is 11.5 Å². The van der Waals surface area contributed by atoms with E-state index in [0.717, 1.165) is 0 Å². The predicted octanol–water partition coefficient (Wildman–Crippen LogP) is 2.50. The average molecular weight is 382 g/mol. The van der Waals surface area contributed by atoms with Crippen LogP contribution in [0.3, 0.4) is 0 Å². The number of aromatic nitrogens is 3. The van der Waals surface area contributed by atoms with Crippen molar-refractivity contribution in [1.29, 1.82) is 0 Å². The summed E-state index contributed by atoms with van der Waals surface area (Å²) in [7, 11) is 0. The molecule has 1 unspecified atom stereocenters. The topological polar surface area (TPSA) is 120 Å². The number of nitrogens with zero attached hydrogens (tertiary/aromatic N) is 4. The number of rotatable bonds is 8. The maximum absolute atomic E-state index is 11.3. The molecule has 0 amide bonds. The van der Waals surface area contributed by atoms with E-state index in [1.165, 1.54) is 30.1 Å². The minimum atomic E-state index is -0.820. The Kier molecular flexibility index (Phi) is 5.75. The van der Waals surface area contributed by atoms with E-state index in [-0.39, 0.29) is 24.6 Å². The van der Waals surface area contributed by atoms with Crippen LogP contribution < -0.4 is 4.74 Å². The number of aliphatic hydroxyl groups excluding tert-OH is 1. The molecule has 0 aliphatic rings. The molecule has 0 aliphatic heterocycles. The molecule has 0 aliphatic carbocycles. The van der Waals surface area contributed by atoms with Crippen molar-refractivity contribution in [2.75, 3.05) is 6.61 Å². The van der Waals surface area contributed by atoms with E-state index >= 15 is 0 Å². The molecule has 28 heavy (non-hydrogen) atoms. The Morgan fingerprint density at radius 1 is 1.21 bits per heavy atom. The molecule has 0 fully saturated rings. The van der Waals surface area contributed by atoms with Crippen molar-refractivity contribution in [2.24, 2.45) is 0 Å². The molecule has 1 N–H and O–H groups in total. The average Bonchev–Trinajstić information content (AvgIpc) is 3.15. The molecule has 3 rings (SSSR count). The van der Waals surface area contributed by atoms with Crippen LogP contribution in [0.4, 0.5) is 5.69 Å². The molecular formula is C19H18N4O5. The molecule has 9 heteroatoms. The lowest BCUT2D eigenvalue weighted by Gasteiger charge is -2.12. The monoisotopic (exact) mass is 382 g/mol. The van der Waals surface area contributed by atoms with Crippen LogP contribution in [0.1, 0.15) is 17.3 Å². The molecule has 0 radical (unpaired) electrons. The van der Waals surface area contributed by atoms with Crippen molar-refractivity contribution in [3.8, 4) is 17.1 Å². The molecule has 2 aromatic carbocycles. The summed E-state index contributed by atoms with van der Waals surface area (Å²) in [5, 5.41) is 25.1. The molecule has 0 saturated carbocycles. The number of aliphatic hydroxyl groups is 1. The Morgan fingerprint density at radius 2 is 1.89 bits per heavy atom. The zero-order chi connectivity index (χ0) is 20.1. The first-order valence-corrected chi connectivity index (χ1v) is 8.48.